The maximum Gasteiger partial charge on any atom is 0.335 e. The number of hydrogen-bond donors (Lipinski definition) is 2. The van der Waals surface area contributed by atoms with Crippen molar-refractivity contribution in [1.29, 1.82) is 0 Å². The molecule has 0 amide bonds. The molecule has 1 aromatic heterocycles. The van der Waals surface area contributed by atoms with Gasteiger partial charge in [-0.25, -0.2) is 9.48 Å². The van der Waals surface area contributed by atoms with Gasteiger partial charge in [-0.1, -0.05) is 23.2 Å². The van der Waals surface area contributed by atoms with Gasteiger partial charge in [0, 0.05) is 22.7 Å². The van der Waals surface area contributed by atoms with E-state index in [9.17, 15) is 4.79 Å². The highest BCUT2D eigenvalue weighted by atomic mass is 35.5. The SMILES string of the molecule is O=C(O)c1ccc(-n2nc(-c3ccc(Cl)cc3Cl)c3c2NCC3)cc1. The molecule has 4 rings (SSSR count). The molecule has 3 aromatic rings. The van der Waals surface area contributed by atoms with Crippen molar-refractivity contribution in [1.82, 2.24) is 9.78 Å². The largest absolute Gasteiger partial charge is 0.478 e. The zero-order valence-corrected chi connectivity index (χ0v) is 14.5. The van der Waals surface area contributed by atoms with Crippen molar-refractivity contribution in [2.45, 2.75) is 6.42 Å². The zero-order chi connectivity index (χ0) is 17.6. The summed E-state index contributed by atoms with van der Waals surface area (Å²) in [7, 11) is 0. The molecule has 1 aliphatic rings. The molecule has 2 heterocycles. The van der Waals surface area contributed by atoms with Crippen LogP contribution in [0.1, 0.15) is 15.9 Å². The molecule has 0 fully saturated rings. The van der Waals surface area contributed by atoms with E-state index >= 15 is 0 Å². The summed E-state index contributed by atoms with van der Waals surface area (Å²) in [5.74, 6) is -0.0481. The van der Waals surface area contributed by atoms with Gasteiger partial charge in [0.25, 0.3) is 0 Å². The van der Waals surface area contributed by atoms with Gasteiger partial charge in [0.2, 0.25) is 0 Å². The minimum atomic E-state index is -0.955. The fourth-order valence-electron chi connectivity index (χ4n) is 3.00. The van der Waals surface area contributed by atoms with Gasteiger partial charge in [0.15, 0.2) is 0 Å². The van der Waals surface area contributed by atoms with E-state index in [2.05, 4.69) is 5.32 Å². The first-order valence-electron chi connectivity index (χ1n) is 7.69. The summed E-state index contributed by atoms with van der Waals surface area (Å²) in [5.41, 5.74) is 3.75. The molecule has 1 aliphatic heterocycles. The number of carboxylic acid groups (broad SMARTS) is 1. The normalized spacial score (nSPS) is 12.7. The van der Waals surface area contributed by atoms with E-state index in [1.165, 1.54) is 0 Å². The van der Waals surface area contributed by atoms with Gasteiger partial charge in [-0.15, -0.1) is 0 Å². The van der Waals surface area contributed by atoms with Crippen molar-refractivity contribution in [2.24, 2.45) is 0 Å². The number of hydrogen-bond acceptors (Lipinski definition) is 3. The Balaban J connectivity index is 1.84. The monoisotopic (exact) mass is 373 g/mol. The number of rotatable bonds is 3. The standard InChI is InChI=1S/C18H13Cl2N3O2/c19-11-3-6-13(15(20)9-11)16-14-7-8-21-17(14)23(22-16)12-4-1-10(2-5-12)18(24)25/h1-6,9,21H,7-8H2,(H,24,25). The molecule has 0 spiro atoms. The molecule has 0 saturated heterocycles. The van der Waals surface area contributed by atoms with Gasteiger partial charge < -0.3 is 10.4 Å². The Labute approximate surface area is 153 Å². The van der Waals surface area contributed by atoms with Crippen LogP contribution in [0, 0.1) is 0 Å². The molecule has 5 nitrogen and oxygen atoms in total. The van der Waals surface area contributed by atoms with Crippen molar-refractivity contribution >= 4 is 35.0 Å². The molecule has 126 valence electrons. The molecule has 2 N–H and O–H groups in total. The molecule has 0 atom stereocenters. The van der Waals surface area contributed by atoms with Gasteiger partial charge in [-0.05, 0) is 48.9 Å². The van der Waals surface area contributed by atoms with Crippen LogP contribution in [0.4, 0.5) is 5.82 Å². The minimum Gasteiger partial charge on any atom is -0.478 e. The Morgan fingerprint density at radius 2 is 1.92 bits per heavy atom. The van der Waals surface area contributed by atoms with Crippen molar-refractivity contribution in [3.8, 4) is 16.9 Å². The Kier molecular flexibility index (Phi) is 3.90. The molecule has 0 saturated carbocycles. The third-order valence-corrected chi connectivity index (χ3v) is 4.74. The second kappa shape index (κ2) is 6.10. The minimum absolute atomic E-state index is 0.237. The maximum absolute atomic E-state index is 11.0. The number of carbonyl (C=O) groups is 1. The average molecular weight is 374 g/mol. The number of nitrogens with one attached hydrogen (secondary N) is 1. The molecule has 0 bridgehead atoms. The Morgan fingerprint density at radius 1 is 1.16 bits per heavy atom. The third-order valence-electron chi connectivity index (χ3n) is 4.20. The smallest absolute Gasteiger partial charge is 0.335 e. The third kappa shape index (κ3) is 2.75. The predicted octanol–water partition coefficient (Wildman–Crippen LogP) is 4.51. The van der Waals surface area contributed by atoms with E-state index in [4.69, 9.17) is 33.4 Å². The lowest BCUT2D eigenvalue weighted by atomic mass is 10.1. The first-order chi connectivity index (χ1) is 12.0. The number of carboxylic acids is 1. The zero-order valence-electron chi connectivity index (χ0n) is 13.0. The predicted molar refractivity (Wildman–Crippen MR) is 98.2 cm³/mol. The Morgan fingerprint density at radius 3 is 2.60 bits per heavy atom. The summed E-state index contributed by atoms with van der Waals surface area (Å²) < 4.78 is 1.79. The number of fused-ring (bicyclic) bond motifs is 1. The van der Waals surface area contributed by atoms with E-state index < -0.39 is 5.97 Å². The summed E-state index contributed by atoms with van der Waals surface area (Å²) in [6.45, 7) is 0.818. The van der Waals surface area contributed by atoms with Gasteiger partial charge in [0.05, 0.1) is 22.0 Å². The highest BCUT2D eigenvalue weighted by Gasteiger charge is 2.25. The molecular formula is C18H13Cl2N3O2. The number of benzene rings is 2. The van der Waals surface area contributed by atoms with Crippen molar-refractivity contribution < 1.29 is 9.90 Å². The summed E-state index contributed by atoms with van der Waals surface area (Å²) in [5, 5.41) is 18.2. The molecule has 0 unspecified atom stereocenters. The van der Waals surface area contributed by atoms with Crippen LogP contribution in [0.2, 0.25) is 10.0 Å². The Bertz CT molecular complexity index is 981. The highest BCUT2D eigenvalue weighted by Crippen LogP contribution is 2.38. The van der Waals surface area contributed by atoms with E-state index in [-0.39, 0.29) is 5.56 Å². The molecule has 25 heavy (non-hydrogen) atoms. The number of halogens is 2. The topological polar surface area (TPSA) is 67.1 Å². The summed E-state index contributed by atoms with van der Waals surface area (Å²) in [6, 6.07) is 12.0. The second-order valence-corrected chi connectivity index (χ2v) is 6.58. The summed E-state index contributed by atoms with van der Waals surface area (Å²) in [6.07, 6.45) is 0.844. The first kappa shape index (κ1) is 16.0. The van der Waals surface area contributed by atoms with Crippen LogP contribution >= 0.6 is 23.2 Å². The fourth-order valence-corrected chi connectivity index (χ4v) is 3.50. The van der Waals surface area contributed by atoms with Crippen LogP contribution in [0.3, 0.4) is 0 Å². The van der Waals surface area contributed by atoms with Gasteiger partial charge in [0.1, 0.15) is 5.82 Å². The van der Waals surface area contributed by atoms with Gasteiger partial charge in [-0.3, -0.25) is 0 Å². The van der Waals surface area contributed by atoms with Crippen LogP contribution in [0.15, 0.2) is 42.5 Å². The molecule has 2 aromatic carbocycles. The number of nitrogens with zero attached hydrogens (tertiary/aromatic N) is 2. The highest BCUT2D eigenvalue weighted by molar-refractivity contribution is 6.36. The molecular weight excluding hydrogens is 361 g/mol. The van der Waals surface area contributed by atoms with Crippen molar-refractivity contribution in [3.63, 3.8) is 0 Å². The quantitative estimate of drug-likeness (QED) is 0.708. The van der Waals surface area contributed by atoms with Crippen LogP contribution in [-0.2, 0) is 6.42 Å². The van der Waals surface area contributed by atoms with Crippen LogP contribution in [0.25, 0.3) is 16.9 Å². The average Bonchev–Trinajstić information content (AvgIpc) is 3.18. The van der Waals surface area contributed by atoms with Crippen molar-refractivity contribution in [2.75, 3.05) is 11.9 Å². The van der Waals surface area contributed by atoms with Crippen LogP contribution in [-0.4, -0.2) is 27.4 Å². The Hall–Kier alpha value is -2.50. The van der Waals surface area contributed by atoms with Crippen LogP contribution < -0.4 is 5.32 Å². The maximum atomic E-state index is 11.0. The lowest BCUT2D eigenvalue weighted by molar-refractivity contribution is 0.0697. The first-order valence-corrected chi connectivity index (χ1v) is 8.45. The molecule has 7 heteroatoms. The van der Waals surface area contributed by atoms with E-state index in [1.54, 1.807) is 41.1 Å². The molecule has 0 aliphatic carbocycles. The van der Waals surface area contributed by atoms with Gasteiger partial charge >= 0.3 is 5.97 Å². The number of aromatic carboxylic acids is 1. The van der Waals surface area contributed by atoms with Crippen molar-refractivity contribution in [3.05, 3.63) is 63.6 Å². The summed E-state index contributed by atoms with van der Waals surface area (Å²) >= 11 is 12.4. The number of anilines is 1. The van der Waals surface area contributed by atoms with E-state index in [0.29, 0.717) is 10.0 Å². The number of aromatic nitrogens is 2. The van der Waals surface area contributed by atoms with E-state index in [0.717, 1.165) is 41.3 Å². The lowest BCUT2D eigenvalue weighted by Gasteiger charge is -2.07. The van der Waals surface area contributed by atoms with Gasteiger partial charge in [-0.2, -0.15) is 5.10 Å². The summed E-state index contributed by atoms with van der Waals surface area (Å²) in [4.78, 5) is 11.0. The second-order valence-electron chi connectivity index (χ2n) is 5.74. The lowest BCUT2D eigenvalue weighted by Crippen LogP contribution is -2.05. The fraction of sp³-hybridized carbons (Fsp3) is 0.111. The van der Waals surface area contributed by atoms with E-state index in [1.807, 2.05) is 6.07 Å². The molecule has 0 radical (unpaired) electrons. The van der Waals surface area contributed by atoms with Crippen LogP contribution in [0.5, 0.6) is 0 Å².